The zero-order valence-corrected chi connectivity index (χ0v) is 14.3. The van der Waals surface area contributed by atoms with Crippen LogP contribution in [0.4, 0.5) is 8.78 Å². The molecule has 0 radical (unpaired) electrons. The number of benzene rings is 1. The highest BCUT2D eigenvalue weighted by molar-refractivity contribution is 7.98. The molecule has 2 aromatic rings. The van der Waals surface area contributed by atoms with Crippen LogP contribution >= 0.6 is 11.8 Å². The molecule has 10 heteroatoms. The molecule has 0 atom stereocenters. The Bertz CT molecular complexity index is 712. The summed E-state index contributed by atoms with van der Waals surface area (Å²) in [5.41, 5.74) is 0.575. The van der Waals surface area contributed by atoms with Crippen LogP contribution in [0.25, 0.3) is 0 Å². The molecule has 1 aromatic heterocycles. The van der Waals surface area contributed by atoms with Gasteiger partial charge in [0.2, 0.25) is 16.7 Å². The molecule has 0 saturated carbocycles. The van der Waals surface area contributed by atoms with Crippen molar-refractivity contribution in [2.75, 3.05) is 27.6 Å². The van der Waals surface area contributed by atoms with Crippen LogP contribution in [0.5, 0.6) is 17.2 Å². The first-order chi connectivity index (χ1) is 11.5. The lowest BCUT2D eigenvalue weighted by molar-refractivity contribution is 0.135. The van der Waals surface area contributed by atoms with Crippen molar-refractivity contribution in [3.63, 3.8) is 0 Å². The Morgan fingerprint density at radius 3 is 2.21 bits per heavy atom. The summed E-state index contributed by atoms with van der Waals surface area (Å²) in [6, 6.07) is 3.30. The van der Waals surface area contributed by atoms with Crippen LogP contribution in [0.1, 0.15) is 17.8 Å². The molecule has 0 saturated heterocycles. The van der Waals surface area contributed by atoms with Gasteiger partial charge in [-0.25, -0.2) is 8.78 Å². The minimum Gasteiger partial charge on any atom is -0.493 e. The van der Waals surface area contributed by atoms with Gasteiger partial charge in [-0.2, -0.15) is 9.78 Å². The first-order valence-electron chi connectivity index (χ1n) is 6.67. The fourth-order valence-electron chi connectivity index (χ4n) is 1.95. The number of nitrogens with zero attached hydrogens (tertiary/aromatic N) is 4. The number of methoxy groups -OCH3 is 3. The zero-order valence-electron chi connectivity index (χ0n) is 13.5. The van der Waals surface area contributed by atoms with Gasteiger partial charge in [-0.3, -0.25) is 0 Å². The smallest absolute Gasteiger partial charge is 0.299 e. The highest BCUT2D eigenvalue weighted by atomic mass is 32.2. The Labute approximate surface area is 141 Å². The predicted octanol–water partition coefficient (Wildman–Crippen LogP) is 2.85. The van der Waals surface area contributed by atoms with Gasteiger partial charge in [-0.15, -0.1) is 10.2 Å². The molecule has 2 rings (SSSR count). The van der Waals surface area contributed by atoms with Crippen molar-refractivity contribution < 1.29 is 23.0 Å². The lowest BCUT2D eigenvalue weighted by Crippen LogP contribution is -2.01. The molecule has 0 aliphatic carbocycles. The maximum absolute atomic E-state index is 13.0. The van der Waals surface area contributed by atoms with Crippen molar-refractivity contribution in [1.29, 1.82) is 0 Å². The second kappa shape index (κ2) is 7.95. The number of hydrogen-bond acceptors (Lipinski definition) is 7. The Hall–Kier alpha value is -2.36. The average molecular weight is 358 g/mol. The number of aromatic nitrogens is 3. The highest BCUT2D eigenvalue weighted by Gasteiger charge is 2.19. The second-order valence-electron chi connectivity index (χ2n) is 4.36. The number of halogens is 2. The lowest BCUT2D eigenvalue weighted by atomic mass is 10.2. The second-order valence-corrected chi connectivity index (χ2v) is 5.13. The third kappa shape index (κ3) is 3.58. The Morgan fingerprint density at radius 1 is 1.12 bits per heavy atom. The van der Waals surface area contributed by atoms with Crippen LogP contribution in [0, 0.1) is 0 Å². The molecule has 7 nitrogen and oxygen atoms in total. The summed E-state index contributed by atoms with van der Waals surface area (Å²) in [5.74, 6) is 0.769. The van der Waals surface area contributed by atoms with Gasteiger partial charge in [0.05, 0.1) is 27.5 Å². The summed E-state index contributed by atoms with van der Waals surface area (Å²) in [7, 11) is 4.46. The maximum Gasteiger partial charge on any atom is 0.299 e. The van der Waals surface area contributed by atoms with Gasteiger partial charge in [-0.1, -0.05) is 11.8 Å². The van der Waals surface area contributed by atoms with Gasteiger partial charge < -0.3 is 14.2 Å². The summed E-state index contributed by atoms with van der Waals surface area (Å²) in [6.45, 7) is 0. The van der Waals surface area contributed by atoms with Crippen LogP contribution in [0.2, 0.25) is 0 Å². The fraction of sp³-hybridized carbons (Fsp3) is 0.357. The molecule has 24 heavy (non-hydrogen) atoms. The first kappa shape index (κ1) is 18.0. The van der Waals surface area contributed by atoms with E-state index in [0.717, 1.165) is 16.4 Å². The lowest BCUT2D eigenvalue weighted by Gasteiger charge is -2.12. The number of rotatable bonds is 7. The maximum atomic E-state index is 13.0. The third-order valence-corrected chi connectivity index (χ3v) is 3.64. The molecule has 0 amide bonds. The monoisotopic (exact) mass is 358 g/mol. The topological polar surface area (TPSA) is 70.8 Å². The Balaban J connectivity index is 2.44. The van der Waals surface area contributed by atoms with Crippen LogP contribution in [0.3, 0.4) is 0 Å². The van der Waals surface area contributed by atoms with E-state index in [-0.39, 0.29) is 5.16 Å². The third-order valence-electron chi connectivity index (χ3n) is 3.02. The molecule has 0 spiro atoms. The van der Waals surface area contributed by atoms with Crippen LogP contribution in [-0.4, -0.2) is 48.7 Å². The van der Waals surface area contributed by atoms with E-state index in [1.54, 1.807) is 18.4 Å². The van der Waals surface area contributed by atoms with Gasteiger partial charge in [-0.05, 0) is 18.4 Å². The van der Waals surface area contributed by atoms with Crippen molar-refractivity contribution in [2.24, 2.45) is 5.10 Å². The standard InChI is InChI=1S/C14H16F2N4O3S/c1-21-9-5-8(6-10(22-2)11(9)23-3)7-17-20-13(12(15)16)18-19-14(20)24-4/h5-7,12H,1-4H3/b17-7+. The molecule has 1 aromatic carbocycles. The molecule has 0 bridgehead atoms. The van der Waals surface area contributed by atoms with Gasteiger partial charge in [0.25, 0.3) is 6.43 Å². The predicted molar refractivity (Wildman–Crippen MR) is 85.9 cm³/mol. The van der Waals surface area contributed by atoms with E-state index in [2.05, 4.69) is 15.3 Å². The number of ether oxygens (including phenoxy) is 3. The fourth-order valence-corrected chi connectivity index (χ4v) is 2.39. The minimum absolute atomic E-state index is 0.258. The van der Waals surface area contributed by atoms with E-state index in [1.807, 2.05) is 0 Å². The molecule has 0 fully saturated rings. The van der Waals surface area contributed by atoms with Gasteiger partial charge in [0, 0.05) is 5.56 Å². The summed E-state index contributed by atoms with van der Waals surface area (Å²) in [4.78, 5) is 0. The SMILES string of the molecule is COc1cc(/C=N/n2c(SC)nnc2C(F)F)cc(OC)c1OC. The molecule has 0 aliphatic rings. The normalized spacial score (nSPS) is 11.3. The molecule has 1 heterocycles. The number of alkyl halides is 2. The molecular weight excluding hydrogens is 342 g/mol. The summed E-state index contributed by atoms with van der Waals surface area (Å²) < 4.78 is 42.7. The average Bonchev–Trinajstić information content (AvgIpc) is 3.01. The highest BCUT2D eigenvalue weighted by Crippen LogP contribution is 2.37. The summed E-state index contributed by atoms with van der Waals surface area (Å²) >= 11 is 1.16. The van der Waals surface area contributed by atoms with Crippen LogP contribution < -0.4 is 14.2 Å². The van der Waals surface area contributed by atoms with Gasteiger partial charge in [0.1, 0.15) is 0 Å². The quantitative estimate of drug-likeness (QED) is 0.560. The first-order valence-corrected chi connectivity index (χ1v) is 7.90. The largest absolute Gasteiger partial charge is 0.493 e. The van der Waals surface area contributed by atoms with Crippen molar-refractivity contribution in [3.8, 4) is 17.2 Å². The van der Waals surface area contributed by atoms with E-state index < -0.39 is 12.2 Å². The Kier molecular flexibility index (Phi) is 5.96. The van der Waals surface area contributed by atoms with E-state index in [0.29, 0.717) is 22.8 Å². The summed E-state index contributed by atoms with van der Waals surface area (Å²) in [6.07, 6.45) is 0.306. The van der Waals surface area contributed by atoms with Crippen LogP contribution in [0.15, 0.2) is 22.4 Å². The molecule has 0 N–H and O–H groups in total. The van der Waals surface area contributed by atoms with E-state index >= 15 is 0 Å². The molecule has 0 unspecified atom stereocenters. The Morgan fingerprint density at radius 2 is 1.75 bits per heavy atom. The van der Waals surface area contributed by atoms with Crippen molar-refractivity contribution >= 4 is 18.0 Å². The van der Waals surface area contributed by atoms with Crippen LogP contribution in [-0.2, 0) is 0 Å². The van der Waals surface area contributed by atoms with Crippen molar-refractivity contribution in [1.82, 2.24) is 14.9 Å². The zero-order chi connectivity index (χ0) is 17.7. The van der Waals surface area contributed by atoms with E-state index in [9.17, 15) is 8.78 Å². The van der Waals surface area contributed by atoms with Crippen molar-refractivity contribution in [2.45, 2.75) is 11.6 Å². The minimum atomic E-state index is -2.78. The molecular formula is C14H16F2N4O3S. The van der Waals surface area contributed by atoms with E-state index in [4.69, 9.17) is 14.2 Å². The number of thioether (sulfide) groups is 1. The molecule has 0 aliphatic heterocycles. The van der Waals surface area contributed by atoms with Crippen molar-refractivity contribution in [3.05, 3.63) is 23.5 Å². The van der Waals surface area contributed by atoms with Gasteiger partial charge >= 0.3 is 0 Å². The number of hydrogen-bond donors (Lipinski definition) is 0. The summed E-state index contributed by atoms with van der Waals surface area (Å²) in [5, 5.41) is 11.4. The molecule has 130 valence electrons. The van der Waals surface area contributed by atoms with Gasteiger partial charge in [0.15, 0.2) is 11.5 Å². The van der Waals surface area contributed by atoms with E-state index in [1.165, 1.54) is 27.5 Å².